The molecule has 1 aromatic heterocycles. The Hall–Kier alpha value is -2.99. The quantitative estimate of drug-likeness (QED) is 0.751. The summed E-state index contributed by atoms with van der Waals surface area (Å²) in [4.78, 5) is 28.1. The van der Waals surface area contributed by atoms with Gasteiger partial charge in [-0.2, -0.15) is 0 Å². The summed E-state index contributed by atoms with van der Waals surface area (Å²) < 4.78 is 0. The molecule has 2 aromatic carbocycles. The van der Waals surface area contributed by atoms with E-state index in [9.17, 15) is 14.7 Å². The number of thiazole rings is 1. The fourth-order valence-corrected chi connectivity index (χ4v) is 3.05. The number of aromatic carboxylic acids is 1. The Bertz CT molecular complexity index is 918. The van der Waals surface area contributed by atoms with Gasteiger partial charge in [-0.15, -0.1) is 11.3 Å². The molecule has 0 atom stereocenters. The van der Waals surface area contributed by atoms with Gasteiger partial charge in [0.1, 0.15) is 5.01 Å². The summed E-state index contributed by atoms with van der Waals surface area (Å²) in [6.45, 7) is 1.92. The van der Waals surface area contributed by atoms with Crippen LogP contribution in [0.1, 0.15) is 26.4 Å². The third-order valence-corrected chi connectivity index (χ3v) is 4.41. The number of anilines is 1. The van der Waals surface area contributed by atoms with Gasteiger partial charge in [0.15, 0.2) is 0 Å². The first-order chi connectivity index (χ1) is 11.5. The van der Waals surface area contributed by atoms with Crippen LogP contribution >= 0.6 is 11.3 Å². The van der Waals surface area contributed by atoms with Crippen molar-refractivity contribution in [2.75, 3.05) is 5.32 Å². The monoisotopic (exact) mass is 338 g/mol. The number of para-hydroxylation sites is 1. The summed E-state index contributed by atoms with van der Waals surface area (Å²) in [5.41, 5.74) is 2.55. The Morgan fingerprint density at radius 2 is 1.92 bits per heavy atom. The van der Waals surface area contributed by atoms with Crippen molar-refractivity contribution in [3.05, 3.63) is 70.7 Å². The molecule has 0 fully saturated rings. The second-order valence-corrected chi connectivity index (χ2v) is 6.04. The number of carbonyl (C=O) groups is 2. The van der Waals surface area contributed by atoms with Crippen LogP contribution in [0, 0.1) is 6.92 Å². The summed E-state index contributed by atoms with van der Waals surface area (Å²) in [6, 6.07) is 13.4. The minimum absolute atomic E-state index is 0.0533. The smallest absolute Gasteiger partial charge is 0.337 e. The van der Waals surface area contributed by atoms with E-state index in [-0.39, 0.29) is 17.2 Å². The number of aryl methyl sites for hydroxylation is 1. The van der Waals surface area contributed by atoms with Crippen molar-refractivity contribution in [3.63, 3.8) is 0 Å². The molecule has 0 saturated heterocycles. The number of aromatic nitrogens is 1. The lowest BCUT2D eigenvalue weighted by molar-refractivity contribution is 0.0698. The van der Waals surface area contributed by atoms with Crippen molar-refractivity contribution in [2.45, 2.75) is 6.92 Å². The van der Waals surface area contributed by atoms with Crippen LogP contribution < -0.4 is 5.32 Å². The number of benzene rings is 2. The molecule has 0 saturated carbocycles. The van der Waals surface area contributed by atoms with Gasteiger partial charge in [-0.25, -0.2) is 9.78 Å². The summed E-state index contributed by atoms with van der Waals surface area (Å²) in [6.07, 6.45) is 0. The number of hydrogen-bond acceptors (Lipinski definition) is 4. The fraction of sp³-hybridized carbons (Fsp3) is 0.0556. The predicted octanol–water partition coefficient (Wildman–Crippen LogP) is 4.07. The van der Waals surface area contributed by atoms with Gasteiger partial charge >= 0.3 is 5.97 Å². The minimum Gasteiger partial charge on any atom is -0.478 e. The number of amides is 1. The zero-order valence-corrected chi connectivity index (χ0v) is 13.6. The summed E-state index contributed by atoms with van der Waals surface area (Å²) in [7, 11) is 0. The van der Waals surface area contributed by atoms with E-state index < -0.39 is 5.97 Å². The zero-order chi connectivity index (χ0) is 17.1. The second-order valence-electron chi connectivity index (χ2n) is 5.18. The number of nitrogens with zero attached hydrogens (tertiary/aromatic N) is 1. The van der Waals surface area contributed by atoms with Crippen LogP contribution in [0.4, 0.5) is 5.69 Å². The number of rotatable bonds is 4. The summed E-state index contributed by atoms with van der Waals surface area (Å²) >= 11 is 1.51. The van der Waals surface area contributed by atoms with E-state index in [1.807, 2.05) is 18.4 Å². The van der Waals surface area contributed by atoms with E-state index in [0.717, 1.165) is 16.3 Å². The second kappa shape index (κ2) is 6.64. The van der Waals surface area contributed by atoms with Crippen molar-refractivity contribution in [1.82, 2.24) is 4.98 Å². The van der Waals surface area contributed by atoms with Gasteiger partial charge in [0.25, 0.3) is 5.91 Å². The standard InChI is InChI=1S/C18H14N2O3S/c1-11-10-24-17(19-11)13-6-4-5-12(9-13)16(21)20-15-8-3-2-7-14(15)18(22)23/h2-10H,1H3,(H,20,21)(H,22,23). The molecule has 5 nitrogen and oxygen atoms in total. The lowest BCUT2D eigenvalue weighted by Gasteiger charge is -2.09. The largest absolute Gasteiger partial charge is 0.478 e. The fourth-order valence-electron chi connectivity index (χ4n) is 2.25. The number of nitrogens with one attached hydrogen (secondary N) is 1. The van der Waals surface area contributed by atoms with Crippen LogP contribution in [-0.4, -0.2) is 22.0 Å². The molecule has 0 bridgehead atoms. The van der Waals surface area contributed by atoms with Crippen LogP contribution in [0.25, 0.3) is 10.6 Å². The van der Waals surface area contributed by atoms with Gasteiger partial charge in [0.05, 0.1) is 11.3 Å². The molecule has 0 unspecified atom stereocenters. The molecule has 1 amide bonds. The highest BCUT2D eigenvalue weighted by Gasteiger charge is 2.14. The van der Waals surface area contributed by atoms with Crippen LogP contribution in [0.2, 0.25) is 0 Å². The molecule has 0 radical (unpaired) electrons. The summed E-state index contributed by atoms with van der Waals surface area (Å²) in [5, 5.41) is 14.6. The molecular weight excluding hydrogens is 324 g/mol. The average molecular weight is 338 g/mol. The van der Waals surface area contributed by atoms with E-state index in [1.54, 1.807) is 36.4 Å². The maximum Gasteiger partial charge on any atom is 0.337 e. The Labute approximate surface area is 142 Å². The molecule has 0 aliphatic rings. The van der Waals surface area contributed by atoms with Crippen LogP contribution in [0.3, 0.4) is 0 Å². The van der Waals surface area contributed by atoms with Gasteiger partial charge < -0.3 is 10.4 Å². The van der Waals surface area contributed by atoms with Crippen LogP contribution in [0.5, 0.6) is 0 Å². The maximum atomic E-state index is 12.5. The zero-order valence-electron chi connectivity index (χ0n) is 12.8. The van der Waals surface area contributed by atoms with Crippen molar-refractivity contribution < 1.29 is 14.7 Å². The molecule has 0 spiro atoms. The molecule has 0 aliphatic carbocycles. The number of carbonyl (C=O) groups excluding carboxylic acids is 1. The SMILES string of the molecule is Cc1csc(-c2cccc(C(=O)Nc3ccccc3C(=O)O)c2)n1. The van der Waals surface area contributed by atoms with Gasteiger partial charge in [0, 0.05) is 22.2 Å². The highest BCUT2D eigenvalue weighted by molar-refractivity contribution is 7.13. The first-order valence-electron chi connectivity index (χ1n) is 7.21. The third kappa shape index (κ3) is 3.33. The van der Waals surface area contributed by atoms with E-state index in [2.05, 4.69) is 10.3 Å². The van der Waals surface area contributed by atoms with Gasteiger partial charge in [-0.3, -0.25) is 4.79 Å². The molecular formula is C18H14N2O3S. The number of carboxylic acid groups (broad SMARTS) is 1. The Kier molecular flexibility index (Phi) is 4.39. The Balaban J connectivity index is 1.87. The lowest BCUT2D eigenvalue weighted by Crippen LogP contribution is -2.14. The Morgan fingerprint density at radius 1 is 1.12 bits per heavy atom. The predicted molar refractivity (Wildman–Crippen MR) is 93.6 cm³/mol. The maximum absolute atomic E-state index is 12.5. The highest BCUT2D eigenvalue weighted by Crippen LogP contribution is 2.25. The van der Waals surface area contributed by atoms with E-state index in [1.165, 1.54) is 17.4 Å². The molecule has 3 rings (SSSR count). The lowest BCUT2D eigenvalue weighted by atomic mass is 10.1. The van der Waals surface area contributed by atoms with Crippen LogP contribution in [0.15, 0.2) is 53.9 Å². The van der Waals surface area contributed by atoms with Crippen LogP contribution in [-0.2, 0) is 0 Å². The average Bonchev–Trinajstić information content (AvgIpc) is 3.02. The summed E-state index contributed by atoms with van der Waals surface area (Å²) in [5.74, 6) is -1.45. The molecule has 3 aromatic rings. The Morgan fingerprint density at radius 3 is 2.62 bits per heavy atom. The third-order valence-electron chi connectivity index (χ3n) is 3.40. The van der Waals surface area contributed by atoms with Crippen molar-refractivity contribution in [2.24, 2.45) is 0 Å². The first kappa shape index (κ1) is 15.9. The minimum atomic E-state index is -1.09. The van der Waals surface area contributed by atoms with Crippen molar-refractivity contribution >= 4 is 28.9 Å². The van der Waals surface area contributed by atoms with Gasteiger partial charge in [-0.05, 0) is 31.2 Å². The molecule has 2 N–H and O–H groups in total. The topological polar surface area (TPSA) is 79.3 Å². The van der Waals surface area contributed by atoms with Gasteiger partial charge in [-0.1, -0.05) is 24.3 Å². The van der Waals surface area contributed by atoms with E-state index in [4.69, 9.17) is 0 Å². The molecule has 120 valence electrons. The van der Waals surface area contributed by atoms with Crippen molar-refractivity contribution in [1.29, 1.82) is 0 Å². The van der Waals surface area contributed by atoms with Gasteiger partial charge in [0.2, 0.25) is 0 Å². The van der Waals surface area contributed by atoms with E-state index >= 15 is 0 Å². The molecule has 0 aliphatic heterocycles. The normalized spacial score (nSPS) is 10.4. The number of carboxylic acids is 1. The van der Waals surface area contributed by atoms with Crippen molar-refractivity contribution in [3.8, 4) is 10.6 Å². The first-order valence-corrected chi connectivity index (χ1v) is 8.09. The highest BCUT2D eigenvalue weighted by atomic mass is 32.1. The van der Waals surface area contributed by atoms with E-state index in [0.29, 0.717) is 5.56 Å². The molecule has 6 heteroatoms. The molecule has 24 heavy (non-hydrogen) atoms. The number of hydrogen-bond donors (Lipinski definition) is 2. The molecule has 1 heterocycles.